The number of hydrogen-bond acceptors (Lipinski definition) is 10. The largest absolute Gasteiger partial charge is 0.294 e. The highest BCUT2D eigenvalue weighted by atomic mass is 32.2. The Balaban J connectivity index is 0.000000138. The quantitative estimate of drug-likeness (QED) is 0.0805. The molecule has 0 spiro atoms. The summed E-state index contributed by atoms with van der Waals surface area (Å²) in [5.74, 6) is 0. The second-order valence-electron chi connectivity index (χ2n) is 11.3. The van der Waals surface area contributed by atoms with Crippen LogP contribution in [-0.4, -0.2) is 38.2 Å². The van der Waals surface area contributed by atoms with E-state index in [1.54, 1.807) is 12.1 Å². The predicted molar refractivity (Wildman–Crippen MR) is 183 cm³/mol. The third kappa shape index (κ3) is 4.54. The van der Waals surface area contributed by atoms with Crippen molar-refractivity contribution >= 4 is 65.8 Å². The molecule has 12 heteroatoms. The van der Waals surface area contributed by atoms with Crippen molar-refractivity contribution in [3.8, 4) is 45.0 Å². The molecule has 0 aliphatic heterocycles. The van der Waals surface area contributed by atoms with E-state index < -0.39 is 10.1 Å². The summed E-state index contributed by atoms with van der Waals surface area (Å²) in [6.45, 7) is 0. The first-order valence-electron chi connectivity index (χ1n) is 14.7. The van der Waals surface area contributed by atoms with Gasteiger partial charge in [-0.15, -0.1) is 4.33 Å². The first-order valence-corrected chi connectivity index (χ1v) is 16.9. The van der Waals surface area contributed by atoms with Crippen LogP contribution in [0.1, 0.15) is 0 Å². The number of nitrogens with zero attached hydrogens (tertiary/aromatic N) is 4. The van der Waals surface area contributed by atoms with Crippen molar-refractivity contribution < 1.29 is 27.6 Å². The molecule has 2 aromatic heterocycles. The second kappa shape index (κ2) is 10.9. The molecule has 0 bridgehead atoms. The number of aromatic nitrogens is 4. The minimum atomic E-state index is -4.43. The topological polar surface area (TPSA) is 145 Å². The van der Waals surface area contributed by atoms with Crippen LogP contribution in [0, 0.1) is 0 Å². The highest BCUT2D eigenvalue weighted by molar-refractivity contribution is 7.94. The van der Waals surface area contributed by atoms with Gasteiger partial charge in [-0.2, -0.15) is 8.42 Å². The highest BCUT2D eigenvalue weighted by Crippen LogP contribution is 2.49. The number of hydrogen-bond donors (Lipinski definition) is 2. The lowest BCUT2D eigenvalue weighted by molar-refractivity contribution is -0.432. The van der Waals surface area contributed by atoms with Crippen molar-refractivity contribution in [2.45, 2.75) is 9.79 Å². The van der Waals surface area contributed by atoms with Crippen LogP contribution in [0.15, 0.2) is 119 Å². The van der Waals surface area contributed by atoms with Gasteiger partial charge < -0.3 is 0 Å². The van der Waals surface area contributed by atoms with Crippen LogP contribution in [0.3, 0.4) is 0 Å². The van der Waals surface area contributed by atoms with E-state index in [-0.39, 0.29) is 4.90 Å². The number of rotatable bonds is 4. The van der Waals surface area contributed by atoms with Crippen molar-refractivity contribution in [2.24, 2.45) is 0 Å². The highest BCUT2D eigenvalue weighted by Gasteiger charge is 2.28. The number of para-hydroxylation sites is 4. The summed E-state index contributed by atoms with van der Waals surface area (Å²) in [7, 11) is -4.43. The molecule has 232 valence electrons. The summed E-state index contributed by atoms with van der Waals surface area (Å²) in [4.78, 5) is 19.3. The Hall–Kier alpha value is -5.34. The Kier molecular flexibility index (Phi) is 6.52. The maximum Gasteiger partial charge on any atom is 0.294 e. The lowest BCUT2D eigenvalue weighted by atomic mass is 10.0. The molecular weight excluding hydrogens is 649 g/mol. The predicted octanol–water partition coefficient (Wildman–Crippen LogP) is 8.54. The molecule has 2 aliphatic carbocycles. The minimum absolute atomic E-state index is 0.245. The molecule has 8 aromatic rings. The number of benzene rings is 6. The molecule has 0 amide bonds. The van der Waals surface area contributed by atoms with Gasteiger partial charge in [-0.1, -0.05) is 65.7 Å². The second-order valence-corrected chi connectivity index (χ2v) is 13.5. The average Bonchev–Trinajstić information content (AvgIpc) is 3.58. The first-order chi connectivity index (χ1) is 23.4. The molecule has 0 saturated heterocycles. The Bertz CT molecular complexity index is 2700. The van der Waals surface area contributed by atoms with Crippen molar-refractivity contribution in [1.82, 2.24) is 19.9 Å². The molecule has 2 aliphatic rings. The van der Waals surface area contributed by atoms with Crippen molar-refractivity contribution in [3.63, 3.8) is 0 Å². The van der Waals surface area contributed by atoms with Crippen LogP contribution in [0.4, 0.5) is 0 Å². The zero-order valence-electron chi connectivity index (χ0n) is 24.5. The van der Waals surface area contributed by atoms with Gasteiger partial charge in [0.2, 0.25) is 0 Å². The molecule has 48 heavy (non-hydrogen) atoms. The van der Waals surface area contributed by atoms with Crippen LogP contribution in [-0.2, 0) is 19.5 Å². The van der Waals surface area contributed by atoms with E-state index in [9.17, 15) is 13.0 Å². The van der Waals surface area contributed by atoms with Gasteiger partial charge in [0.15, 0.2) is 0 Å². The fraction of sp³-hybridized carbons (Fsp3) is 0. The summed E-state index contributed by atoms with van der Waals surface area (Å²) in [5.41, 5.74) is 10.1. The van der Waals surface area contributed by atoms with Gasteiger partial charge in [-0.3, -0.25) is 4.55 Å². The third-order valence-electron chi connectivity index (χ3n) is 8.52. The Morgan fingerprint density at radius 2 is 1.02 bits per heavy atom. The summed E-state index contributed by atoms with van der Waals surface area (Å²) >= 11 is 0.747. The fourth-order valence-corrected chi connectivity index (χ4v) is 7.57. The van der Waals surface area contributed by atoms with Crippen LogP contribution in [0.5, 0.6) is 0 Å². The smallest absolute Gasteiger partial charge is 0.282 e. The van der Waals surface area contributed by atoms with Crippen LogP contribution < -0.4 is 0 Å². The van der Waals surface area contributed by atoms with Crippen molar-refractivity contribution in [1.29, 1.82) is 0 Å². The lowest BCUT2D eigenvalue weighted by Gasteiger charge is -2.07. The van der Waals surface area contributed by atoms with Crippen LogP contribution in [0.25, 0.3) is 88.6 Å². The Morgan fingerprint density at radius 1 is 0.542 bits per heavy atom. The van der Waals surface area contributed by atoms with E-state index >= 15 is 0 Å². The average molecular weight is 669 g/mol. The molecule has 0 atom stereocenters. The molecule has 6 aromatic carbocycles. The lowest BCUT2D eigenvalue weighted by Crippen LogP contribution is -1.98. The van der Waals surface area contributed by atoms with Gasteiger partial charge in [-0.05, 0) is 59.3 Å². The van der Waals surface area contributed by atoms with Crippen molar-refractivity contribution in [2.75, 3.05) is 0 Å². The maximum atomic E-state index is 11.8. The third-order valence-corrected chi connectivity index (χ3v) is 9.91. The van der Waals surface area contributed by atoms with E-state index in [0.29, 0.717) is 38.3 Å². The van der Waals surface area contributed by atoms with Gasteiger partial charge >= 0.3 is 0 Å². The van der Waals surface area contributed by atoms with Gasteiger partial charge in [0.1, 0.15) is 0 Å². The normalized spacial score (nSPS) is 12.4. The van der Waals surface area contributed by atoms with E-state index in [2.05, 4.69) is 50.8 Å². The van der Waals surface area contributed by atoms with Crippen LogP contribution in [0.2, 0.25) is 0 Å². The van der Waals surface area contributed by atoms with Gasteiger partial charge in [0, 0.05) is 37.9 Å². The Labute approximate surface area is 276 Å². The zero-order chi connectivity index (χ0) is 32.6. The standard InChI is InChI=1S/C18H10N2O6S2.C18H10N2/c21-25-26-27-10-5-9-6-11(28(22,23)24)8-13-16(9)12(7-10)17-18(13)20-15-4-2-1-3-14(15)19-17;1-2-10-15-14(9-1)19-17-12-7-3-5-11-6-4-8-13(16(11)12)18(17)20-15/h1-8,21H,(H,22,23,24);1-10H. The van der Waals surface area contributed by atoms with Gasteiger partial charge in [0.05, 0.1) is 61.8 Å². The zero-order valence-corrected chi connectivity index (χ0v) is 26.2. The molecule has 2 N–H and O–H groups in total. The van der Waals surface area contributed by atoms with E-state index in [1.165, 1.54) is 34.0 Å². The summed E-state index contributed by atoms with van der Waals surface area (Å²) in [6, 6.07) is 34.4. The Morgan fingerprint density at radius 3 is 1.52 bits per heavy atom. The van der Waals surface area contributed by atoms with Crippen molar-refractivity contribution in [3.05, 3.63) is 109 Å². The van der Waals surface area contributed by atoms with E-state index in [1.807, 2.05) is 48.5 Å². The van der Waals surface area contributed by atoms with E-state index in [4.69, 9.17) is 20.2 Å². The monoisotopic (exact) mass is 668 g/mol. The molecular formula is C36H20N4O6S2. The molecule has 0 fully saturated rings. The van der Waals surface area contributed by atoms with E-state index in [0.717, 1.165) is 45.4 Å². The molecule has 10 rings (SSSR count). The minimum Gasteiger partial charge on any atom is -0.282 e. The molecule has 2 heterocycles. The first kappa shape index (κ1) is 28.8. The summed E-state index contributed by atoms with van der Waals surface area (Å²) < 4.78 is 37.6. The van der Waals surface area contributed by atoms with Gasteiger partial charge in [-0.25, -0.2) is 25.2 Å². The SMILES string of the molecule is O=S(=O)(O)c1cc2c3c(cc(SOOO)cc3c1)-c1nc3ccccc3nc1-2.c1cc2c3c(cccc3c1)-c1nc3ccccc3nc1-2. The summed E-state index contributed by atoms with van der Waals surface area (Å²) in [6.07, 6.45) is 0. The molecule has 0 unspecified atom stereocenters. The molecule has 0 saturated carbocycles. The molecule has 0 radical (unpaired) electrons. The molecule has 10 nitrogen and oxygen atoms in total. The number of fused-ring (bicyclic) bond motifs is 8. The summed E-state index contributed by atoms with van der Waals surface area (Å²) in [5, 5.41) is 15.9. The fourth-order valence-electron chi connectivity index (χ4n) is 6.57. The van der Waals surface area contributed by atoms with Gasteiger partial charge in [0.25, 0.3) is 10.1 Å². The van der Waals surface area contributed by atoms with Crippen LogP contribution >= 0.6 is 12.0 Å². The maximum absolute atomic E-state index is 11.8.